The SMILES string of the molecule is CCc1cccc2c(C(=O)[C@H](OC(=O)[C@H](CC)c3ccccc3)c3ccccc3)c[nH]c12. The molecule has 0 radical (unpaired) electrons. The summed E-state index contributed by atoms with van der Waals surface area (Å²) in [5, 5.41) is 0.849. The van der Waals surface area contributed by atoms with E-state index in [0.717, 1.165) is 28.5 Å². The van der Waals surface area contributed by atoms with Crippen LogP contribution in [0.1, 0.15) is 59.3 Å². The van der Waals surface area contributed by atoms with Crippen LogP contribution >= 0.6 is 0 Å². The molecular weight excluding hydrogens is 398 g/mol. The van der Waals surface area contributed by atoms with E-state index >= 15 is 0 Å². The third-order valence-corrected chi connectivity index (χ3v) is 5.92. The summed E-state index contributed by atoms with van der Waals surface area (Å²) in [4.78, 5) is 30.2. The second-order valence-corrected chi connectivity index (χ2v) is 7.86. The number of esters is 1. The van der Waals surface area contributed by atoms with E-state index in [1.54, 1.807) is 6.20 Å². The van der Waals surface area contributed by atoms with Gasteiger partial charge in [0.15, 0.2) is 6.10 Å². The van der Waals surface area contributed by atoms with Crippen LogP contribution in [0.3, 0.4) is 0 Å². The van der Waals surface area contributed by atoms with E-state index in [2.05, 4.69) is 11.9 Å². The highest BCUT2D eigenvalue weighted by Gasteiger charge is 2.31. The van der Waals surface area contributed by atoms with E-state index in [1.165, 1.54) is 0 Å². The van der Waals surface area contributed by atoms with E-state index in [4.69, 9.17) is 4.74 Å². The lowest BCUT2D eigenvalue weighted by Gasteiger charge is -2.21. The predicted molar refractivity (Wildman–Crippen MR) is 127 cm³/mol. The molecule has 0 saturated heterocycles. The maximum atomic E-state index is 13.7. The topological polar surface area (TPSA) is 59.2 Å². The lowest BCUT2D eigenvalue weighted by atomic mass is 9.95. The fourth-order valence-corrected chi connectivity index (χ4v) is 4.18. The molecule has 0 fully saturated rings. The highest BCUT2D eigenvalue weighted by atomic mass is 16.5. The van der Waals surface area contributed by atoms with Crippen molar-refractivity contribution in [3.05, 3.63) is 107 Å². The molecule has 162 valence electrons. The summed E-state index contributed by atoms with van der Waals surface area (Å²) in [7, 11) is 0. The average molecular weight is 426 g/mol. The number of hydrogen-bond acceptors (Lipinski definition) is 3. The number of aromatic nitrogens is 1. The summed E-state index contributed by atoms with van der Waals surface area (Å²) in [5.74, 6) is -1.05. The number of carbonyl (C=O) groups is 2. The van der Waals surface area contributed by atoms with E-state index < -0.39 is 18.0 Å². The molecule has 0 amide bonds. The molecule has 4 aromatic rings. The van der Waals surface area contributed by atoms with Gasteiger partial charge in [0.25, 0.3) is 0 Å². The predicted octanol–water partition coefficient (Wildman–Crippen LogP) is 6.39. The van der Waals surface area contributed by atoms with Crippen LogP contribution in [0, 0.1) is 0 Å². The van der Waals surface area contributed by atoms with Crippen molar-refractivity contribution in [1.82, 2.24) is 4.98 Å². The number of carbonyl (C=O) groups excluding carboxylic acids is 2. The van der Waals surface area contributed by atoms with Gasteiger partial charge >= 0.3 is 5.97 Å². The fraction of sp³-hybridized carbons (Fsp3) is 0.214. The zero-order valence-corrected chi connectivity index (χ0v) is 18.4. The van der Waals surface area contributed by atoms with Crippen molar-refractivity contribution in [2.24, 2.45) is 0 Å². The Morgan fingerprint density at radius 2 is 1.50 bits per heavy atom. The maximum absolute atomic E-state index is 13.7. The Hall–Kier alpha value is -3.66. The number of H-pyrrole nitrogens is 1. The Morgan fingerprint density at radius 3 is 2.12 bits per heavy atom. The van der Waals surface area contributed by atoms with Gasteiger partial charge in [0.2, 0.25) is 5.78 Å². The second kappa shape index (κ2) is 9.65. The summed E-state index contributed by atoms with van der Waals surface area (Å²) in [6, 6.07) is 24.7. The molecule has 0 bridgehead atoms. The smallest absolute Gasteiger partial charge is 0.314 e. The molecule has 0 aliphatic carbocycles. The van der Waals surface area contributed by atoms with Crippen LogP contribution in [0.25, 0.3) is 10.9 Å². The molecule has 2 atom stereocenters. The zero-order chi connectivity index (χ0) is 22.5. The van der Waals surface area contributed by atoms with Crippen molar-refractivity contribution in [1.29, 1.82) is 0 Å². The maximum Gasteiger partial charge on any atom is 0.314 e. The first kappa shape index (κ1) is 21.6. The van der Waals surface area contributed by atoms with Crippen LogP contribution in [0.15, 0.2) is 85.1 Å². The zero-order valence-electron chi connectivity index (χ0n) is 18.4. The van der Waals surface area contributed by atoms with Gasteiger partial charge in [-0.05, 0) is 24.0 Å². The molecule has 1 N–H and O–H groups in total. The van der Waals surface area contributed by atoms with Gasteiger partial charge in [-0.3, -0.25) is 9.59 Å². The van der Waals surface area contributed by atoms with Gasteiger partial charge < -0.3 is 9.72 Å². The lowest BCUT2D eigenvalue weighted by Crippen LogP contribution is -2.24. The number of aromatic amines is 1. The standard InChI is InChI=1S/C28H27NO3/c1-3-19-16-11-17-23-24(18-29-25(19)23)26(30)27(21-14-9-6-10-15-21)32-28(31)22(4-2)20-12-7-5-8-13-20/h5-18,22,27,29H,3-4H2,1-2H3/t22-,27-/m1/s1. The van der Waals surface area contributed by atoms with E-state index in [0.29, 0.717) is 17.5 Å². The van der Waals surface area contributed by atoms with Crippen molar-refractivity contribution in [3.63, 3.8) is 0 Å². The highest BCUT2D eigenvalue weighted by Crippen LogP contribution is 2.31. The lowest BCUT2D eigenvalue weighted by molar-refractivity contribution is -0.149. The van der Waals surface area contributed by atoms with Crippen LogP contribution in [0.5, 0.6) is 0 Å². The summed E-state index contributed by atoms with van der Waals surface area (Å²) < 4.78 is 5.93. The Bertz CT molecular complexity index is 1210. The number of Topliss-reactive ketones (excluding diaryl/α,β-unsaturated/α-hetero) is 1. The van der Waals surface area contributed by atoms with Gasteiger partial charge in [-0.25, -0.2) is 0 Å². The quantitative estimate of drug-likeness (QED) is 0.263. The first-order chi connectivity index (χ1) is 15.6. The van der Waals surface area contributed by atoms with Crippen LogP contribution in [-0.2, 0) is 16.0 Å². The molecule has 0 spiro atoms. The molecule has 1 heterocycles. The molecule has 4 rings (SSSR count). The minimum atomic E-state index is -1.01. The molecular formula is C28H27NO3. The molecule has 4 nitrogen and oxygen atoms in total. The molecule has 1 aromatic heterocycles. The van der Waals surface area contributed by atoms with Crippen molar-refractivity contribution < 1.29 is 14.3 Å². The average Bonchev–Trinajstić information content (AvgIpc) is 3.28. The molecule has 0 unspecified atom stereocenters. The largest absolute Gasteiger partial charge is 0.449 e. The fourth-order valence-electron chi connectivity index (χ4n) is 4.18. The number of ether oxygens (including phenoxy) is 1. The third-order valence-electron chi connectivity index (χ3n) is 5.92. The minimum absolute atomic E-state index is 0.230. The molecule has 3 aromatic carbocycles. The van der Waals surface area contributed by atoms with E-state index in [-0.39, 0.29) is 5.78 Å². The number of rotatable bonds is 8. The second-order valence-electron chi connectivity index (χ2n) is 7.86. The van der Waals surface area contributed by atoms with Crippen LogP contribution in [-0.4, -0.2) is 16.7 Å². The Labute approximate surface area is 188 Å². The number of benzene rings is 3. The number of aryl methyl sites for hydroxylation is 1. The summed E-state index contributed by atoms with van der Waals surface area (Å²) in [6.07, 6.45) is 2.17. The Balaban J connectivity index is 1.71. The van der Waals surface area contributed by atoms with E-state index in [1.807, 2.05) is 85.8 Å². The summed E-state index contributed by atoms with van der Waals surface area (Å²) in [5.41, 5.74) is 4.18. The van der Waals surface area contributed by atoms with Crippen molar-refractivity contribution >= 4 is 22.7 Å². The highest BCUT2D eigenvalue weighted by molar-refractivity contribution is 6.11. The van der Waals surface area contributed by atoms with Crippen LogP contribution in [0.2, 0.25) is 0 Å². The van der Waals surface area contributed by atoms with Crippen LogP contribution in [0.4, 0.5) is 0 Å². The number of hydrogen-bond donors (Lipinski definition) is 1. The number of fused-ring (bicyclic) bond motifs is 1. The summed E-state index contributed by atoms with van der Waals surface area (Å²) in [6.45, 7) is 4.03. The molecule has 0 aliphatic rings. The normalized spacial score (nSPS) is 12.9. The third kappa shape index (κ3) is 4.22. The minimum Gasteiger partial charge on any atom is -0.449 e. The molecule has 0 saturated carbocycles. The molecule has 0 aliphatic heterocycles. The van der Waals surface area contributed by atoms with Gasteiger partial charge in [0, 0.05) is 28.2 Å². The summed E-state index contributed by atoms with van der Waals surface area (Å²) >= 11 is 0. The first-order valence-corrected chi connectivity index (χ1v) is 11.1. The van der Waals surface area contributed by atoms with E-state index in [9.17, 15) is 9.59 Å². The molecule has 32 heavy (non-hydrogen) atoms. The van der Waals surface area contributed by atoms with Crippen molar-refractivity contribution in [3.8, 4) is 0 Å². The number of nitrogens with one attached hydrogen (secondary N) is 1. The van der Waals surface area contributed by atoms with Gasteiger partial charge in [0.1, 0.15) is 0 Å². The van der Waals surface area contributed by atoms with Gasteiger partial charge in [-0.15, -0.1) is 0 Å². The number of ketones is 1. The first-order valence-electron chi connectivity index (χ1n) is 11.1. The van der Waals surface area contributed by atoms with Gasteiger partial charge in [-0.1, -0.05) is 92.7 Å². The van der Waals surface area contributed by atoms with Crippen molar-refractivity contribution in [2.45, 2.75) is 38.7 Å². The van der Waals surface area contributed by atoms with Gasteiger partial charge in [0.05, 0.1) is 5.92 Å². The van der Waals surface area contributed by atoms with Gasteiger partial charge in [-0.2, -0.15) is 0 Å². The Kier molecular flexibility index (Phi) is 6.50. The van der Waals surface area contributed by atoms with Crippen LogP contribution < -0.4 is 0 Å². The Morgan fingerprint density at radius 1 is 0.844 bits per heavy atom. The van der Waals surface area contributed by atoms with Crippen molar-refractivity contribution in [2.75, 3.05) is 0 Å². The molecule has 4 heteroatoms. The number of para-hydroxylation sites is 1. The monoisotopic (exact) mass is 425 g/mol.